The van der Waals surface area contributed by atoms with Crippen molar-refractivity contribution in [3.63, 3.8) is 0 Å². The summed E-state index contributed by atoms with van der Waals surface area (Å²) < 4.78 is 2.73. The second-order valence-corrected chi connectivity index (χ2v) is 4.89. The molecule has 0 aromatic heterocycles. The lowest BCUT2D eigenvalue weighted by molar-refractivity contribution is 0.916. The van der Waals surface area contributed by atoms with Crippen LogP contribution in [0.1, 0.15) is 18.9 Å². The van der Waals surface area contributed by atoms with Crippen molar-refractivity contribution in [3.05, 3.63) is 30.9 Å². The highest BCUT2D eigenvalue weighted by Gasteiger charge is 1.97. The third-order valence-corrected chi connectivity index (χ3v) is 3.21. The van der Waals surface area contributed by atoms with Crippen molar-refractivity contribution in [1.29, 1.82) is 0 Å². The number of benzene rings is 1. The van der Waals surface area contributed by atoms with E-state index in [1.165, 1.54) is 25.5 Å². The van der Waals surface area contributed by atoms with E-state index in [-0.39, 0.29) is 0 Å². The van der Waals surface area contributed by atoms with Gasteiger partial charge in [-0.2, -0.15) is 0 Å². The van der Waals surface area contributed by atoms with Gasteiger partial charge in [0.25, 0.3) is 0 Å². The monoisotopic (exact) mass is 372 g/mol. The standard InChI is InChI=1S/C9H10I2/c1-2-3-7-4-5-8(10)6-9(7)11/h4-6H,2-3H2,1H3. The van der Waals surface area contributed by atoms with Crippen LogP contribution in [0.25, 0.3) is 0 Å². The quantitative estimate of drug-likeness (QED) is 0.693. The molecule has 0 atom stereocenters. The summed E-state index contributed by atoms with van der Waals surface area (Å²) in [4.78, 5) is 0. The Morgan fingerprint density at radius 1 is 1.27 bits per heavy atom. The fourth-order valence-corrected chi connectivity index (χ4v) is 2.87. The van der Waals surface area contributed by atoms with Gasteiger partial charge in [0.1, 0.15) is 0 Å². The summed E-state index contributed by atoms with van der Waals surface area (Å²) in [7, 11) is 0. The molecule has 60 valence electrons. The van der Waals surface area contributed by atoms with Crippen LogP contribution in [0.4, 0.5) is 0 Å². The first-order valence-corrected chi connectivity index (χ1v) is 5.83. The van der Waals surface area contributed by atoms with Crippen LogP contribution in [0.2, 0.25) is 0 Å². The highest BCUT2D eigenvalue weighted by atomic mass is 127. The fourth-order valence-electron chi connectivity index (χ4n) is 0.994. The highest BCUT2D eigenvalue weighted by Crippen LogP contribution is 2.17. The zero-order valence-corrected chi connectivity index (χ0v) is 10.7. The van der Waals surface area contributed by atoms with E-state index in [1.54, 1.807) is 0 Å². The van der Waals surface area contributed by atoms with Gasteiger partial charge in [0.05, 0.1) is 0 Å². The Balaban J connectivity index is 2.90. The van der Waals surface area contributed by atoms with Crippen LogP contribution in [0.15, 0.2) is 18.2 Å². The lowest BCUT2D eigenvalue weighted by Gasteiger charge is -2.01. The van der Waals surface area contributed by atoms with Crippen molar-refractivity contribution in [3.8, 4) is 0 Å². The Morgan fingerprint density at radius 2 is 2.00 bits per heavy atom. The molecule has 0 amide bonds. The van der Waals surface area contributed by atoms with Gasteiger partial charge in [0.15, 0.2) is 0 Å². The minimum Gasteiger partial charge on any atom is -0.0651 e. The van der Waals surface area contributed by atoms with Crippen molar-refractivity contribution in [2.24, 2.45) is 0 Å². The van der Waals surface area contributed by atoms with Gasteiger partial charge in [-0.25, -0.2) is 0 Å². The predicted octanol–water partition coefficient (Wildman–Crippen LogP) is 3.85. The summed E-state index contributed by atoms with van der Waals surface area (Å²) in [5, 5.41) is 0. The van der Waals surface area contributed by atoms with Gasteiger partial charge in [0, 0.05) is 7.14 Å². The average molecular weight is 372 g/mol. The van der Waals surface area contributed by atoms with E-state index in [4.69, 9.17) is 0 Å². The smallest absolute Gasteiger partial charge is 0.0172 e. The molecule has 0 bridgehead atoms. The molecule has 0 spiro atoms. The molecule has 0 aliphatic carbocycles. The Bertz CT molecular complexity index is 243. The third kappa shape index (κ3) is 2.89. The minimum absolute atomic E-state index is 1.20. The van der Waals surface area contributed by atoms with Crippen LogP contribution in [0, 0.1) is 7.14 Å². The number of hydrogen-bond donors (Lipinski definition) is 0. The number of halogens is 2. The van der Waals surface area contributed by atoms with Gasteiger partial charge in [-0.1, -0.05) is 19.4 Å². The Hall–Kier alpha value is 0.680. The van der Waals surface area contributed by atoms with Gasteiger partial charge >= 0.3 is 0 Å². The molecule has 1 rings (SSSR count). The van der Waals surface area contributed by atoms with Crippen LogP contribution in [-0.4, -0.2) is 0 Å². The Morgan fingerprint density at radius 3 is 2.55 bits per heavy atom. The third-order valence-electron chi connectivity index (χ3n) is 1.53. The highest BCUT2D eigenvalue weighted by molar-refractivity contribution is 14.1. The van der Waals surface area contributed by atoms with E-state index < -0.39 is 0 Å². The second-order valence-electron chi connectivity index (χ2n) is 2.49. The van der Waals surface area contributed by atoms with Gasteiger partial charge < -0.3 is 0 Å². The molecule has 0 fully saturated rings. The molecule has 0 saturated heterocycles. The van der Waals surface area contributed by atoms with Gasteiger partial charge in [-0.3, -0.25) is 0 Å². The van der Waals surface area contributed by atoms with Crippen LogP contribution < -0.4 is 0 Å². The molecule has 0 aliphatic heterocycles. The van der Waals surface area contributed by atoms with E-state index >= 15 is 0 Å². The summed E-state index contributed by atoms with van der Waals surface area (Å²) >= 11 is 4.75. The molecule has 0 saturated carbocycles. The van der Waals surface area contributed by atoms with Crippen LogP contribution >= 0.6 is 45.2 Å². The molecule has 0 radical (unpaired) electrons. The number of rotatable bonds is 2. The zero-order chi connectivity index (χ0) is 8.27. The molecule has 0 N–H and O–H groups in total. The fraction of sp³-hybridized carbons (Fsp3) is 0.333. The van der Waals surface area contributed by atoms with E-state index in [1.807, 2.05) is 0 Å². The van der Waals surface area contributed by atoms with Gasteiger partial charge in [-0.05, 0) is 69.3 Å². The first-order chi connectivity index (χ1) is 5.24. The van der Waals surface area contributed by atoms with Crippen molar-refractivity contribution in [1.82, 2.24) is 0 Å². The van der Waals surface area contributed by atoms with E-state index in [0.29, 0.717) is 0 Å². The SMILES string of the molecule is CCCc1ccc(I)cc1I. The number of hydrogen-bond acceptors (Lipinski definition) is 0. The Kier molecular flexibility index (Phi) is 4.12. The molecular weight excluding hydrogens is 362 g/mol. The maximum atomic E-state index is 2.40. The summed E-state index contributed by atoms with van der Waals surface area (Å²) in [5.41, 5.74) is 1.48. The molecule has 0 nitrogen and oxygen atoms in total. The van der Waals surface area contributed by atoms with Crippen molar-refractivity contribution >= 4 is 45.2 Å². The summed E-state index contributed by atoms with van der Waals surface area (Å²) in [6.45, 7) is 2.22. The predicted molar refractivity (Wildman–Crippen MR) is 65.9 cm³/mol. The maximum Gasteiger partial charge on any atom is 0.0172 e. The Labute approximate surface area is 95.0 Å². The van der Waals surface area contributed by atoms with E-state index in [2.05, 4.69) is 70.3 Å². The molecule has 2 heteroatoms. The molecular formula is C9H10I2. The van der Waals surface area contributed by atoms with Crippen LogP contribution in [0.5, 0.6) is 0 Å². The second kappa shape index (κ2) is 4.64. The largest absolute Gasteiger partial charge is 0.0651 e. The molecule has 0 aliphatic rings. The van der Waals surface area contributed by atoms with E-state index in [9.17, 15) is 0 Å². The minimum atomic E-state index is 1.20. The maximum absolute atomic E-state index is 2.40. The zero-order valence-electron chi connectivity index (χ0n) is 6.40. The average Bonchev–Trinajstić information content (AvgIpc) is 1.95. The molecule has 11 heavy (non-hydrogen) atoms. The van der Waals surface area contributed by atoms with Crippen molar-refractivity contribution in [2.45, 2.75) is 19.8 Å². The van der Waals surface area contributed by atoms with Gasteiger partial charge in [0.2, 0.25) is 0 Å². The van der Waals surface area contributed by atoms with Crippen LogP contribution in [0.3, 0.4) is 0 Å². The molecule has 0 unspecified atom stereocenters. The van der Waals surface area contributed by atoms with Crippen molar-refractivity contribution < 1.29 is 0 Å². The lowest BCUT2D eigenvalue weighted by atomic mass is 10.1. The first-order valence-electron chi connectivity index (χ1n) is 3.68. The summed E-state index contributed by atoms with van der Waals surface area (Å²) in [6.07, 6.45) is 2.44. The summed E-state index contributed by atoms with van der Waals surface area (Å²) in [6, 6.07) is 6.63. The first kappa shape index (κ1) is 9.77. The topological polar surface area (TPSA) is 0 Å². The molecule has 1 aromatic carbocycles. The van der Waals surface area contributed by atoms with Crippen molar-refractivity contribution in [2.75, 3.05) is 0 Å². The van der Waals surface area contributed by atoms with E-state index in [0.717, 1.165) is 0 Å². The number of aryl methyl sites for hydroxylation is 1. The molecule has 1 aromatic rings. The normalized spacial score (nSPS) is 10.1. The van der Waals surface area contributed by atoms with Crippen LogP contribution in [-0.2, 0) is 6.42 Å². The lowest BCUT2D eigenvalue weighted by Crippen LogP contribution is -1.88. The molecule has 0 heterocycles. The van der Waals surface area contributed by atoms with Gasteiger partial charge in [-0.15, -0.1) is 0 Å². The summed E-state index contributed by atoms with van der Waals surface area (Å²) in [5.74, 6) is 0.